The van der Waals surface area contributed by atoms with Crippen LogP contribution in [0.4, 0.5) is 19.0 Å². The van der Waals surface area contributed by atoms with E-state index in [4.69, 9.17) is 5.11 Å². The van der Waals surface area contributed by atoms with Gasteiger partial charge in [0.05, 0.1) is 0 Å². The molecule has 0 saturated carbocycles. The van der Waals surface area contributed by atoms with Gasteiger partial charge in [-0.2, -0.15) is 13.2 Å². The van der Waals surface area contributed by atoms with Gasteiger partial charge in [-0.05, 0) is 13.8 Å². The second kappa shape index (κ2) is 4.56. The number of rotatable bonds is 3. The van der Waals surface area contributed by atoms with Gasteiger partial charge in [0.25, 0.3) is 0 Å². The van der Waals surface area contributed by atoms with E-state index in [0.717, 1.165) is 0 Å². The number of nitrogens with zero attached hydrogens (tertiary/aromatic N) is 2. The molecule has 0 aliphatic rings. The minimum absolute atomic E-state index is 0.246. The predicted molar refractivity (Wildman–Crippen MR) is 52.8 cm³/mol. The van der Waals surface area contributed by atoms with Crippen molar-refractivity contribution < 1.29 is 23.1 Å². The zero-order valence-electron chi connectivity index (χ0n) is 9.04. The fourth-order valence-corrected chi connectivity index (χ4v) is 1.06. The van der Waals surface area contributed by atoms with Crippen LogP contribution in [0.25, 0.3) is 0 Å². The molecule has 0 spiro atoms. The first kappa shape index (κ1) is 13.2. The first-order valence-electron chi connectivity index (χ1n) is 4.66. The molecule has 0 saturated heterocycles. The number of hydrogen-bond acceptors (Lipinski definition) is 4. The van der Waals surface area contributed by atoms with Crippen LogP contribution in [0, 0.1) is 0 Å². The number of aromatic nitrogens is 2. The number of halogens is 3. The first-order valence-corrected chi connectivity index (χ1v) is 4.66. The number of nitrogens with one attached hydrogen (secondary N) is 1. The minimum atomic E-state index is -4.70. The van der Waals surface area contributed by atoms with Gasteiger partial charge in [0, 0.05) is 12.2 Å². The molecule has 0 aliphatic heterocycles. The van der Waals surface area contributed by atoms with E-state index in [2.05, 4.69) is 15.3 Å². The monoisotopic (exact) mass is 249 g/mol. The lowest BCUT2D eigenvalue weighted by Gasteiger charge is -2.13. The van der Waals surface area contributed by atoms with Gasteiger partial charge in [-0.15, -0.1) is 0 Å². The van der Waals surface area contributed by atoms with E-state index in [-0.39, 0.29) is 11.9 Å². The van der Waals surface area contributed by atoms with Gasteiger partial charge < -0.3 is 10.4 Å². The summed E-state index contributed by atoms with van der Waals surface area (Å²) in [4.78, 5) is 16.9. The second-order valence-corrected chi connectivity index (χ2v) is 3.56. The summed E-state index contributed by atoms with van der Waals surface area (Å²) in [5.74, 6) is -3.10. The van der Waals surface area contributed by atoms with Gasteiger partial charge in [-0.3, -0.25) is 0 Å². The largest absolute Gasteiger partial charge is 0.477 e. The van der Waals surface area contributed by atoms with Crippen molar-refractivity contribution in [2.45, 2.75) is 26.1 Å². The average molecular weight is 249 g/mol. The molecule has 1 heterocycles. The summed E-state index contributed by atoms with van der Waals surface area (Å²) in [7, 11) is 0. The molecule has 1 rings (SSSR count). The van der Waals surface area contributed by atoms with E-state index in [1.54, 1.807) is 13.8 Å². The topological polar surface area (TPSA) is 75.1 Å². The summed E-state index contributed by atoms with van der Waals surface area (Å²) in [5, 5.41) is 11.3. The molecule has 0 aromatic carbocycles. The minimum Gasteiger partial charge on any atom is -0.477 e. The van der Waals surface area contributed by atoms with Gasteiger partial charge >= 0.3 is 12.1 Å². The zero-order chi connectivity index (χ0) is 13.2. The summed E-state index contributed by atoms with van der Waals surface area (Å²) in [6.07, 6.45) is -4.06. The van der Waals surface area contributed by atoms with E-state index in [1.807, 2.05) is 0 Å². The molecule has 1 aromatic rings. The van der Waals surface area contributed by atoms with E-state index in [9.17, 15) is 18.0 Å². The highest BCUT2D eigenvalue weighted by atomic mass is 19.4. The highest BCUT2D eigenvalue weighted by Crippen LogP contribution is 2.27. The summed E-state index contributed by atoms with van der Waals surface area (Å²) in [5.41, 5.74) is -0.397. The second-order valence-electron chi connectivity index (χ2n) is 3.56. The maximum Gasteiger partial charge on any atom is 0.451 e. The molecule has 0 fully saturated rings. The molecule has 5 nitrogen and oxygen atoms in total. The first-order chi connectivity index (χ1) is 7.71. The van der Waals surface area contributed by atoms with Crippen molar-refractivity contribution in [2.24, 2.45) is 0 Å². The van der Waals surface area contributed by atoms with Crippen LogP contribution in [0.15, 0.2) is 6.20 Å². The van der Waals surface area contributed by atoms with E-state index < -0.39 is 23.5 Å². The van der Waals surface area contributed by atoms with Crippen molar-refractivity contribution in [1.29, 1.82) is 0 Å². The predicted octanol–water partition coefficient (Wildman–Crippen LogP) is 2.01. The quantitative estimate of drug-likeness (QED) is 0.857. The van der Waals surface area contributed by atoms with E-state index in [1.165, 1.54) is 0 Å². The highest BCUT2D eigenvalue weighted by Gasteiger charge is 2.35. The zero-order valence-corrected chi connectivity index (χ0v) is 9.04. The summed E-state index contributed by atoms with van der Waals surface area (Å²) < 4.78 is 37.0. The van der Waals surface area contributed by atoms with E-state index >= 15 is 0 Å². The fraction of sp³-hybridized carbons (Fsp3) is 0.444. The lowest BCUT2D eigenvalue weighted by atomic mass is 10.3. The third-order valence-corrected chi connectivity index (χ3v) is 1.70. The molecule has 94 valence electrons. The van der Waals surface area contributed by atoms with Crippen LogP contribution in [0.5, 0.6) is 0 Å². The summed E-state index contributed by atoms with van der Waals surface area (Å²) >= 11 is 0. The molecule has 0 atom stereocenters. The van der Waals surface area contributed by atoms with Crippen molar-refractivity contribution in [2.75, 3.05) is 5.32 Å². The maximum atomic E-state index is 12.3. The SMILES string of the molecule is CC(C)Nc1nc(C(F)(F)F)ncc1C(=O)O. The van der Waals surface area contributed by atoms with Crippen molar-refractivity contribution >= 4 is 11.8 Å². The molecule has 0 unspecified atom stereocenters. The van der Waals surface area contributed by atoms with Crippen LogP contribution in [-0.2, 0) is 6.18 Å². The number of hydrogen-bond donors (Lipinski definition) is 2. The standard InChI is InChI=1S/C9H10F3N3O2/c1-4(2)14-6-5(7(16)17)3-13-8(15-6)9(10,11)12/h3-4H,1-2H3,(H,16,17)(H,13,14,15). The Balaban J connectivity index is 3.24. The van der Waals surface area contributed by atoms with Crippen molar-refractivity contribution in [1.82, 2.24) is 9.97 Å². The van der Waals surface area contributed by atoms with Crippen molar-refractivity contribution in [3.63, 3.8) is 0 Å². The molecule has 0 amide bonds. The van der Waals surface area contributed by atoms with Crippen LogP contribution >= 0.6 is 0 Å². The molecule has 8 heteroatoms. The Bertz CT molecular complexity index is 432. The average Bonchev–Trinajstić information content (AvgIpc) is 2.14. The molecular weight excluding hydrogens is 239 g/mol. The Morgan fingerprint density at radius 3 is 2.47 bits per heavy atom. The van der Waals surface area contributed by atoms with E-state index in [0.29, 0.717) is 6.20 Å². The number of carboxylic acid groups (broad SMARTS) is 1. The Kier molecular flexibility index (Phi) is 3.54. The lowest BCUT2D eigenvalue weighted by molar-refractivity contribution is -0.144. The van der Waals surface area contributed by atoms with Crippen LogP contribution in [-0.4, -0.2) is 27.1 Å². The molecule has 0 radical (unpaired) electrons. The molecule has 0 bridgehead atoms. The molecule has 1 aromatic heterocycles. The Morgan fingerprint density at radius 2 is 2.06 bits per heavy atom. The van der Waals surface area contributed by atoms with Gasteiger partial charge in [0.2, 0.25) is 5.82 Å². The smallest absolute Gasteiger partial charge is 0.451 e. The van der Waals surface area contributed by atoms with Crippen LogP contribution in [0.2, 0.25) is 0 Å². The third kappa shape index (κ3) is 3.30. The molecule has 0 aliphatic carbocycles. The third-order valence-electron chi connectivity index (χ3n) is 1.70. The Morgan fingerprint density at radius 1 is 1.47 bits per heavy atom. The summed E-state index contributed by atoms with van der Waals surface area (Å²) in [6.45, 7) is 3.31. The molecule has 2 N–H and O–H groups in total. The molecular formula is C9H10F3N3O2. The maximum absolute atomic E-state index is 12.3. The van der Waals surface area contributed by atoms with Crippen molar-refractivity contribution in [3.8, 4) is 0 Å². The van der Waals surface area contributed by atoms with Crippen LogP contribution in [0.1, 0.15) is 30.0 Å². The number of alkyl halides is 3. The number of anilines is 1. The van der Waals surface area contributed by atoms with Gasteiger partial charge in [-0.1, -0.05) is 0 Å². The Hall–Kier alpha value is -1.86. The molecule has 17 heavy (non-hydrogen) atoms. The van der Waals surface area contributed by atoms with Gasteiger partial charge in [0.1, 0.15) is 11.4 Å². The summed E-state index contributed by atoms with van der Waals surface area (Å²) in [6, 6.07) is -0.246. The highest BCUT2D eigenvalue weighted by molar-refractivity contribution is 5.92. The van der Waals surface area contributed by atoms with Crippen molar-refractivity contribution in [3.05, 3.63) is 17.6 Å². The van der Waals surface area contributed by atoms with Gasteiger partial charge in [-0.25, -0.2) is 14.8 Å². The normalized spacial score (nSPS) is 11.6. The number of aromatic carboxylic acids is 1. The number of carboxylic acids is 1. The lowest BCUT2D eigenvalue weighted by Crippen LogP contribution is -2.19. The van der Waals surface area contributed by atoms with Crippen LogP contribution in [0.3, 0.4) is 0 Å². The van der Waals surface area contributed by atoms with Gasteiger partial charge in [0.15, 0.2) is 0 Å². The Labute approximate surface area is 94.7 Å². The fourth-order valence-electron chi connectivity index (χ4n) is 1.06. The number of carbonyl (C=O) groups is 1. The van der Waals surface area contributed by atoms with Crippen LogP contribution < -0.4 is 5.32 Å².